The molecule has 0 saturated carbocycles. The molecule has 118 valence electrons. The first-order chi connectivity index (χ1) is 10.9. The van der Waals surface area contributed by atoms with Crippen LogP contribution in [0.15, 0.2) is 18.3 Å². The fraction of sp³-hybridized carbons (Fsp3) is 0.562. The van der Waals surface area contributed by atoms with Crippen LogP contribution in [0.5, 0.6) is 0 Å². The Balaban J connectivity index is 1.59. The topological polar surface area (TPSA) is 40.6 Å². The van der Waals surface area contributed by atoms with E-state index in [1.807, 2.05) is 17.5 Å². The minimum atomic E-state index is 0.803. The number of hydrogen-bond donors (Lipinski definition) is 1. The van der Waals surface area contributed by atoms with E-state index in [9.17, 15) is 0 Å². The number of nitrogens with zero attached hydrogens (tertiary/aromatic N) is 3. The van der Waals surface area contributed by atoms with Gasteiger partial charge in [0.25, 0.3) is 0 Å². The third-order valence-electron chi connectivity index (χ3n) is 4.37. The lowest BCUT2D eigenvalue weighted by atomic mass is 10.2. The second-order valence-corrected chi connectivity index (χ2v) is 7.03. The number of morpholine rings is 1. The summed E-state index contributed by atoms with van der Waals surface area (Å²) in [7, 11) is 0. The zero-order chi connectivity index (χ0) is 14.8. The summed E-state index contributed by atoms with van der Waals surface area (Å²) < 4.78 is 6.79. The highest BCUT2D eigenvalue weighted by molar-refractivity contribution is 7.19. The van der Waals surface area contributed by atoms with E-state index in [2.05, 4.69) is 32.2 Å². The van der Waals surface area contributed by atoms with Crippen molar-refractivity contribution in [2.24, 2.45) is 0 Å². The van der Waals surface area contributed by atoms with Crippen molar-refractivity contribution in [3.05, 3.63) is 23.2 Å². The third kappa shape index (κ3) is 2.96. The van der Waals surface area contributed by atoms with Gasteiger partial charge in [0.2, 0.25) is 0 Å². The van der Waals surface area contributed by atoms with Crippen LogP contribution < -0.4 is 10.2 Å². The van der Waals surface area contributed by atoms with Crippen molar-refractivity contribution < 1.29 is 4.74 Å². The molecule has 22 heavy (non-hydrogen) atoms. The predicted octanol–water partition coefficient (Wildman–Crippen LogP) is 1.54. The highest BCUT2D eigenvalue weighted by Gasteiger charge is 2.18. The molecule has 0 amide bonds. The van der Waals surface area contributed by atoms with Crippen molar-refractivity contribution in [3.8, 4) is 0 Å². The predicted molar refractivity (Wildman–Crippen MR) is 90.8 cm³/mol. The quantitative estimate of drug-likeness (QED) is 0.930. The van der Waals surface area contributed by atoms with Crippen LogP contribution in [0, 0.1) is 0 Å². The monoisotopic (exact) mass is 318 g/mol. The number of rotatable bonds is 3. The molecule has 2 aromatic rings. The molecule has 2 aromatic heterocycles. The van der Waals surface area contributed by atoms with E-state index < -0.39 is 0 Å². The first-order valence-electron chi connectivity index (χ1n) is 8.03. The molecule has 0 atom stereocenters. The van der Waals surface area contributed by atoms with Gasteiger partial charge in [-0.3, -0.25) is 4.90 Å². The summed E-state index contributed by atoms with van der Waals surface area (Å²) in [4.78, 5) is 11.0. The standard InChI is InChI=1S/C16H22N4OS/c1-2-18-16(20-7-9-21-10-8-20)15-13(1)11-14(22-15)12-19-5-3-17-4-6-19/h1-2,11,17H,3-10,12H2. The van der Waals surface area contributed by atoms with Gasteiger partial charge in [0.1, 0.15) is 5.82 Å². The van der Waals surface area contributed by atoms with E-state index >= 15 is 0 Å². The van der Waals surface area contributed by atoms with Crippen LogP contribution in [-0.4, -0.2) is 62.4 Å². The molecule has 2 saturated heterocycles. The van der Waals surface area contributed by atoms with E-state index in [1.54, 1.807) is 0 Å². The molecular weight excluding hydrogens is 296 g/mol. The zero-order valence-corrected chi connectivity index (χ0v) is 13.6. The SMILES string of the molecule is c1cc2cc(CN3CCNCC3)sc2c(N2CCOCC2)n1. The van der Waals surface area contributed by atoms with Crippen LogP contribution in [0.1, 0.15) is 4.88 Å². The summed E-state index contributed by atoms with van der Waals surface area (Å²) in [5.41, 5.74) is 0. The molecule has 0 aromatic carbocycles. The number of thiophene rings is 1. The largest absolute Gasteiger partial charge is 0.378 e. The van der Waals surface area contributed by atoms with Crippen molar-refractivity contribution in [1.29, 1.82) is 0 Å². The average Bonchev–Trinajstić information content (AvgIpc) is 2.99. The lowest BCUT2D eigenvalue weighted by molar-refractivity contribution is 0.122. The number of ether oxygens (including phenoxy) is 1. The van der Waals surface area contributed by atoms with Crippen LogP contribution in [0.2, 0.25) is 0 Å². The molecule has 4 heterocycles. The molecule has 0 aliphatic carbocycles. The summed E-state index contributed by atoms with van der Waals surface area (Å²) in [5.74, 6) is 1.14. The fourth-order valence-electron chi connectivity index (χ4n) is 3.17. The summed E-state index contributed by atoms with van der Waals surface area (Å²) in [6.45, 7) is 9.04. The lowest BCUT2D eigenvalue weighted by Crippen LogP contribution is -2.42. The molecule has 0 unspecified atom stereocenters. The van der Waals surface area contributed by atoms with Crippen LogP contribution in [-0.2, 0) is 11.3 Å². The van der Waals surface area contributed by atoms with Crippen molar-refractivity contribution in [3.63, 3.8) is 0 Å². The molecule has 0 radical (unpaired) electrons. The molecule has 2 aliphatic heterocycles. The number of nitrogens with one attached hydrogen (secondary N) is 1. The molecule has 5 nitrogen and oxygen atoms in total. The number of anilines is 1. The molecular formula is C16H22N4OS. The number of pyridine rings is 1. The maximum atomic E-state index is 5.46. The average molecular weight is 318 g/mol. The van der Waals surface area contributed by atoms with E-state index in [-0.39, 0.29) is 0 Å². The minimum Gasteiger partial charge on any atom is -0.378 e. The van der Waals surface area contributed by atoms with E-state index in [4.69, 9.17) is 4.74 Å². The van der Waals surface area contributed by atoms with Crippen LogP contribution in [0.4, 0.5) is 5.82 Å². The van der Waals surface area contributed by atoms with E-state index in [0.717, 1.165) is 64.8 Å². The molecule has 2 aliphatic rings. The molecule has 0 spiro atoms. The Kier molecular flexibility index (Phi) is 4.25. The molecule has 0 bridgehead atoms. The number of aromatic nitrogens is 1. The Bertz CT molecular complexity index is 632. The normalized spacial score (nSPS) is 20.6. The first-order valence-corrected chi connectivity index (χ1v) is 8.85. The van der Waals surface area contributed by atoms with E-state index in [0.29, 0.717) is 0 Å². The smallest absolute Gasteiger partial charge is 0.146 e. The van der Waals surface area contributed by atoms with Gasteiger partial charge in [-0.05, 0) is 17.5 Å². The van der Waals surface area contributed by atoms with Gasteiger partial charge in [-0.15, -0.1) is 11.3 Å². The van der Waals surface area contributed by atoms with Gasteiger partial charge >= 0.3 is 0 Å². The maximum Gasteiger partial charge on any atom is 0.146 e. The van der Waals surface area contributed by atoms with Crippen molar-refractivity contribution in [2.75, 3.05) is 57.4 Å². The molecule has 6 heteroatoms. The summed E-state index contributed by atoms with van der Waals surface area (Å²) >= 11 is 1.90. The highest BCUT2D eigenvalue weighted by atomic mass is 32.1. The minimum absolute atomic E-state index is 0.803. The lowest BCUT2D eigenvalue weighted by Gasteiger charge is -2.28. The zero-order valence-electron chi connectivity index (χ0n) is 12.8. The summed E-state index contributed by atoms with van der Waals surface area (Å²) in [6, 6.07) is 4.48. The number of piperazine rings is 1. The maximum absolute atomic E-state index is 5.46. The highest BCUT2D eigenvalue weighted by Crippen LogP contribution is 2.33. The molecule has 1 N–H and O–H groups in total. The van der Waals surface area contributed by atoms with Gasteiger partial charge in [-0.25, -0.2) is 4.98 Å². The van der Waals surface area contributed by atoms with Gasteiger partial charge in [-0.2, -0.15) is 0 Å². The Morgan fingerprint density at radius 2 is 2.00 bits per heavy atom. The van der Waals surface area contributed by atoms with Crippen molar-refractivity contribution in [2.45, 2.75) is 6.54 Å². The second kappa shape index (κ2) is 6.50. The Hall–Kier alpha value is -1.21. The van der Waals surface area contributed by atoms with Gasteiger partial charge in [0, 0.05) is 56.9 Å². The fourth-order valence-corrected chi connectivity index (χ4v) is 4.38. The number of fused-ring (bicyclic) bond motifs is 1. The molecule has 4 rings (SSSR count). The second-order valence-electron chi connectivity index (χ2n) is 5.89. The van der Waals surface area contributed by atoms with Gasteiger partial charge < -0.3 is 15.0 Å². The van der Waals surface area contributed by atoms with Crippen molar-refractivity contribution >= 4 is 27.2 Å². The van der Waals surface area contributed by atoms with Crippen LogP contribution in [0.25, 0.3) is 10.1 Å². The van der Waals surface area contributed by atoms with Gasteiger partial charge in [0.15, 0.2) is 0 Å². The van der Waals surface area contributed by atoms with Crippen LogP contribution in [0.3, 0.4) is 0 Å². The number of hydrogen-bond acceptors (Lipinski definition) is 6. The first kappa shape index (κ1) is 14.4. The van der Waals surface area contributed by atoms with Crippen molar-refractivity contribution in [1.82, 2.24) is 15.2 Å². The Morgan fingerprint density at radius 1 is 1.18 bits per heavy atom. The Morgan fingerprint density at radius 3 is 2.82 bits per heavy atom. The Labute approximate surface area is 134 Å². The van der Waals surface area contributed by atoms with Gasteiger partial charge in [-0.1, -0.05) is 0 Å². The van der Waals surface area contributed by atoms with E-state index in [1.165, 1.54) is 15.0 Å². The summed E-state index contributed by atoms with van der Waals surface area (Å²) in [5, 5.41) is 4.74. The third-order valence-corrected chi connectivity index (χ3v) is 5.50. The van der Waals surface area contributed by atoms with Gasteiger partial charge in [0.05, 0.1) is 17.9 Å². The van der Waals surface area contributed by atoms with Crippen LogP contribution >= 0.6 is 11.3 Å². The molecule has 2 fully saturated rings. The summed E-state index contributed by atoms with van der Waals surface area (Å²) in [6.07, 6.45) is 1.94.